The Bertz CT molecular complexity index is 459. The first-order valence-electron chi connectivity index (χ1n) is 9.23. The third-order valence-corrected chi connectivity index (χ3v) is 6.27. The summed E-state index contributed by atoms with van der Waals surface area (Å²) >= 11 is 0. The minimum Gasteiger partial charge on any atom is -0.378 e. The van der Waals surface area contributed by atoms with Crippen molar-refractivity contribution in [3.8, 4) is 0 Å². The van der Waals surface area contributed by atoms with Gasteiger partial charge < -0.3 is 14.5 Å². The van der Waals surface area contributed by atoms with Crippen LogP contribution in [0.4, 0.5) is 0 Å². The van der Waals surface area contributed by atoms with Gasteiger partial charge in [-0.1, -0.05) is 12.8 Å². The van der Waals surface area contributed by atoms with Crippen molar-refractivity contribution in [1.82, 2.24) is 9.80 Å². The lowest BCUT2D eigenvalue weighted by molar-refractivity contribution is -0.172. The Morgan fingerprint density at radius 1 is 1.35 bits per heavy atom. The van der Waals surface area contributed by atoms with Crippen molar-refractivity contribution in [2.24, 2.45) is 5.41 Å². The highest BCUT2D eigenvalue weighted by Crippen LogP contribution is 2.56. The van der Waals surface area contributed by atoms with Crippen molar-refractivity contribution in [1.29, 1.82) is 0 Å². The molecule has 1 aliphatic heterocycles. The summed E-state index contributed by atoms with van der Waals surface area (Å²) in [4.78, 5) is 28.0. The van der Waals surface area contributed by atoms with E-state index in [1.165, 1.54) is 25.7 Å². The number of hydrogen-bond acceptors (Lipinski definition) is 3. The van der Waals surface area contributed by atoms with E-state index in [0.29, 0.717) is 31.5 Å². The van der Waals surface area contributed by atoms with E-state index in [1.807, 2.05) is 16.8 Å². The number of hydrogen-bond donors (Lipinski definition) is 0. The zero-order valence-electron chi connectivity index (χ0n) is 14.6. The van der Waals surface area contributed by atoms with Crippen LogP contribution in [0, 0.1) is 5.41 Å². The molecule has 0 aromatic carbocycles. The van der Waals surface area contributed by atoms with Crippen molar-refractivity contribution in [3.05, 3.63) is 0 Å². The van der Waals surface area contributed by atoms with Gasteiger partial charge in [-0.3, -0.25) is 9.59 Å². The molecular formula is C18H30N2O3. The van der Waals surface area contributed by atoms with Gasteiger partial charge in [-0.25, -0.2) is 0 Å². The summed E-state index contributed by atoms with van der Waals surface area (Å²) in [5.74, 6) is 0.378. The van der Waals surface area contributed by atoms with Crippen LogP contribution < -0.4 is 0 Å². The molecule has 0 N–H and O–H groups in total. The van der Waals surface area contributed by atoms with Crippen molar-refractivity contribution < 1.29 is 14.3 Å². The number of amides is 2. The highest BCUT2D eigenvalue weighted by Gasteiger charge is 2.58. The minimum absolute atomic E-state index is 0.177. The van der Waals surface area contributed by atoms with Crippen molar-refractivity contribution in [2.75, 3.05) is 26.7 Å². The van der Waals surface area contributed by atoms with Gasteiger partial charge in [0.2, 0.25) is 11.8 Å². The average Bonchev–Trinajstić information content (AvgIpc) is 3.18. The van der Waals surface area contributed by atoms with Gasteiger partial charge in [-0.15, -0.1) is 0 Å². The zero-order chi connectivity index (χ0) is 16.4. The van der Waals surface area contributed by atoms with E-state index in [9.17, 15) is 9.59 Å². The first kappa shape index (κ1) is 16.7. The standard InChI is InChI=1S/C18H30N2O3/c1-3-23-15-13-14(18(15)9-4-5-10-18)19(2)16(21)8-12-20-11-6-7-17(20)22/h14-15H,3-13H2,1-2H3/t14-,15+/m0/s1. The molecule has 1 saturated heterocycles. The molecule has 2 saturated carbocycles. The highest BCUT2D eigenvalue weighted by atomic mass is 16.5. The predicted octanol–water partition coefficient (Wildman–Crippen LogP) is 2.20. The molecule has 2 amide bonds. The number of ether oxygens (including phenoxy) is 1. The summed E-state index contributed by atoms with van der Waals surface area (Å²) in [6.07, 6.45) is 8.21. The maximum absolute atomic E-state index is 12.6. The van der Waals surface area contributed by atoms with Crippen LogP contribution in [-0.2, 0) is 14.3 Å². The molecule has 5 heteroatoms. The largest absolute Gasteiger partial charge is 0.378 e. The van der Waals surface area contributed by atoms with Crippen molar-refractivity contribution in [2.45, 2.75) is 70.4 Å². The topological polar surface area (TPSA) is 49.9 Å². The third kappa shape index (κ3) is 3.00. The molecule has 5 nitrogen and oxygen atoms in total. The Labute approximate surface area is 139 Å². The second kappa shape index (κ2) is 6.80. The van der Waals surface area contributed by atoms with E-state index >= 15 is 0 Å². The van der Waals surface area contributed by atoms with Crippen molar-refractivity contribution in [3.63, 3.8) is 0 Å². The van der Waals surface area contributed by atoms with Crippen LogP contribution in [-0.4, -0.2) is 60.5 Å². The zero-order valence-corrected chi connectivity index (χ0v) is 14.6. The number of carbonyl (C=O) groups is 2. The summed E-state index contributed by atoms with van der Waals surface area (Å²) < 4.78 is 5.94. The van der Waals surface area contributed by atoms with E-state index in [1.54, 1.807) is 0 Å². The number of rotatable bonds is 6. The predicted molar refractivity (Wildman–Crippen MR) is 87.9 cm³/mol. The van der Waals surface area contributed by atoms with Crippen LogP contribution in [0.2, 0.25) is 0 Å². The Kier molecular flexibility index (Phi) is 4.95. The molecule has 1 spiro atoms. The Morgan fingerprint density at radius 3 is 2.70 bits per heavy atom. The fourth-order valence-corrected chi connectivity index (χ4v) is 4.91. The molecule has 2 aliphatic carbocycles. The maximum atomic E-state index is 12.6. The summed E-state index contributed by atoms with van der Waals surface area (Å²) in [5, 5.41) is 0. The molecule has 3 aliphatic rings. The molecule has 3 rings (SSSR count). The second-order valence-corrected chi connectivity index (χ2v) is 7.37. The number of nitrogens with zero attached hydrogens (tertiary/aromatic N) is 2. The molecule has 3 fully saturated rings. The van der Waals surface area contributed by atoms with E-state index in [4.69, 9.17) is 4.74 Å². The van der Waals surface area contributed by atoms with Gasteiger partial charge in [0.1, 0.15) is 0 Å². The molecule has 0 aromatic heterocycles. The quantitative estimate of drug-likeness (QED) is 0.753. The summed E-state index contributed by atoms with van der Waals surface area (Å²) in [7, 11) is 1.95. The molecule has 0 radical (unpaired) electrons. The monoisotopic (exact) mass is 322 g/mol. The highest BCUT2D eigenvalue weighted by molar-refractivity contribution is 5.80. The van der Waals surface area contributed by atoms with Crippen LogP contribution in [0.15, 0.2) is 0 Å². The molecule has 0 bridgehead atoms. The van der Waals surface area contributed by atoms with Crippen LogP contribution in [0.5, 0.6) is 0 Å². The lowest BCUT2D eigenvalue weighted by atomic mass is 9.60. The van der Waals surface area contributed by atoms with Gasteiger partial charge in [-0.2, -0.15) is 0 Å². The van der Waals surface area contributed by atoms with Crippen molar-refractivity contribution >= 4 is 11.8 Å². The van der Waals surface area contributed by atoms with E-state index in [0.717, 1.165) is 26.0 Å². The summed E-state index contributed by atoms with van der Waals surface area (Å²) in [6.45, 7) is 4.21. The molecule has 0 aromatic rings. The molecule has 0 unspecified atom stereocenters. The average molecular weight is 322 g/mol. The Balaban J connectivity index is 1.55. The number of carbonyl (C=O) groups excluding carboxylic acids is 2. The van der Waals surface area contributed by atoms with E-state index in [2.05, 4.69) is 6.92 Å². The van der Waals surface area contributed by atoms with Gasteiger partial charge in [0.25, 0.3) is 0 Å². The summed E-state index contributed by atoms with van der Waals surface area (Å²) in [6, 6.07) is 0.323. The van der Waals surface area contributed by atoms with Gasteiger partial charge in [0.05, 0.1) is 6.10 Å². The van der Waals surface area contributed by atoms with E-state index in [-0.39, 0.29) is 17.2 Å². The molecule has 130 valence electrons. The molecular weight excluding hydrogens is 292 g/mol. The summed E-state index contributed by atoms with van der Waals surface area (Å²) in [5.41, 5.74) is 0.198. The third-order valence-electron chi connectivity index (χ3n) is 6.27. The van der Waals surface area contributed by atoms with Crippen LogP contribution >= 0.6 is 0 Å². The SMILES string of the molecule is CCO[C@@H]1C[C@H](N(C)C(=O)CCN2CCCC2=O)C12CCCC2. The normalized spacial score (nSPS) is 29.1. The van der Waals surface area contributed by atoms with Gasteiger partial charge in [0, 0.05) is 51.0 Å². The maximum Gasteiger partial charge on any atom is 0.224 e. The Hall–Kier alpha value is -1.10. The number of likely N-dealkylation sites (tertiary alicyclic amines) is 1. The van der Waals surface area contributed by atoms with Gasteiger partial charge >= 0.3 is 0 Å². The van der Waals surface area contributed by atoms with E-state index < -0.39 is 0 Å². The lowest BCUT2D eigenvalue weighted by Crippen LogP contribution is -2.64. The van der Waals surface area contributed by atoms with Gasteiger partial charge in [0.15, 0.2) is 0 Å². The second-order valence-electron chi connectivity index (χ2n) is 7.37. The first-order valence-corrected chi connectivity index (χ1v) is 9.23. The molecule has 1 heterocycles. The van der Waals surface area contributed by atoms with Crippen LogP contribution in [0.3, 0.4) is 0 Å². The van der Waals surface area contributed by atoms with Gasteiger partial charge in [-0.05, 0) is 32.6 Å². The fraction of sp³-hybridized carbons (Fsp3) is 0.889. The fourth-order valence-electron chi connectivity index (χ4n) is 4.91. The molecule has 2 atom stereocenters. The molecule has 23 heavy (non-hydrogen) atoms. The Morgan fingerprint density at radius 2 is 2.09 bits per heavy atom. The van der Waals surface area contributed by atoms with Crippen LogP contribution in [0.1, 0.15) is 58.3 Å². The first-order chi connectivity index (χ1) is 11.1. The minimum atomic E-state index is 0.177. The van der Waals surface area contributed by atoms with Crippen LogP contribution in [0.25, 0.3) is 0 Å². The lowest BCUT2D eigenvalue weighted by Gasteiger charge is -2.57. The smallest absolute Gasteiger partial charge is 0.224 e.